The number of aromatic nitrogens is 2. The Morgan fingerprint density at radius 1 is 1.12 bits per heavy atom. The number of carbonyl (C=O) groups excluding carboxylic acids is 1. The van der Waals surface area contributed by atoms with Crippen LogP contribution in [0.3, 0.4) is 0 Å². The molecule has 3 aromatic rings. The van der Waals surface area contributed by atoms with E-state index in [1.165, 1.54) is 12.1 Å². The minimum absolute atomic E-state index is 0.485. The molecule has 0 atom stereocenters. The van der Waals surface area contributed by atoms with Crippen molar-refractivity contribution in [3.8, 4) is 11.3 Å². The van der Waals surface area contributed by atoms with E-state index in [-0.39, 0.29) is 0 Å². The third-order valence-corrected chi connectivity index (χ3v) is 3.65. The Kier molecular flexibility index (Phi) is 4.31. The van der Waals surface area contributed by atoms with Gasteiger partial charge in [0.2, 0.25) is 0 Å². The smallest absolute Gasteiger partial charge is 0.355 e. The van der Waals surface area contributed by atoms with Crippen LogP contribution in [0.4, 0.5) is 24.5 Å². The lowest BCUT2D eigenvalue weighted by Gasteiger charge is -2.13. The van der Waals surface area contributed by atoms with Gasteiger partial charge in [-0.3, -0.25) is 4.79 Å². The Balaban J connectivity index is 1.96. The van der Waals surface area contributed by atoms with Crippen LogP contribution in [0, 0.1) is 0 Å². The highest BCUT2D eigenvalue weighted by Crippen LogP contribution is 2.33. The normalized spacial score (nSPS) is 11.4. The summed E-state index contributed by atoms with van der Waals surface area (Å²) in [7, 11) is 1.82. The maximum Gasteiger partial charge on any atom is 0.416 e. The van der Waals surface area contributed by atoms with E-state index >= 15 is 0 Å². The number of alkyl halides is 3. The van der Waals surface area contributed by atoms with Gasteiger partial charge in [-0.05, 0) is 42.5 Å². The molecule has 4 nitrogen and oxygen atoms in total. The van der Waals surface area contributed by atoms with Crippen LogP contribution >= 0.6 is 0 Å². The predicted molar refractivity (Wildman–Crippen MR) is 88.8 cm³/mol. The zero-order valence-corrected chi connectivity index (χ0v) is 13.2. The minimum atomic E-state index is -4.37. The molecular formula is C18H14F3N3O. The van der Waals surface area contributed by atoms with Crippen molar-refractivity contribution in [3.63, 3.8) is 0 Å². The van der Waals surface area contributed by atoms with Crippen LogP contribution in [0.2, 0.25) is 0 Å². The van der Waals surface area contributed by atoms with Crippen LogP contribution in [-0.4, -0.2) is 15.8 Å². The average molecular weight is 345 g/mol. The molecule has 0 aliphatic heterocycles. The van der Waals surface area contributed by atoms with Crippen LogP contribution in [0.25, 0.3) is 11.3 Å². The first-order chi connectivity index (χ1) is 11.9. The summed E-state index contributed by atoms with van der Waals surface area (Å²) < 4.78 is 39.7. The fourth-order valence-electron chi connectivity index (χ4n) is 2.41. The molecule has 7 heteroatoms. The van der Waals surface area contributed by atoms with E-state index in [2.05, 4.69) is 10.3 Å². The largest absolute Gasteiger partial charge is 0.416 e. The number of halogens is 3. The van der Waals surface area contributed by atoms with Gasteiger partial charge >= 0.3 is 6.18 Å². The number of imidazole rings is 1. The third kappa shape index (κ3) is 3.71. The molecule has 128 valence electrons. The zero-order chi connectivity index (χ0) is 18.0. The van der Waals surface area contributed by atoms with E-state index in [1.54, 1.807) is 35.3 Å². The molecule has 1 heterocycles. The molecule has 0 unspecified atom stereocenters. The number of rotatable bonds is 4. The van der Waals surface area contributed by atoms with Gasteiger partial charge in [0.05, 0.1) is 17.6 Å². The van der Waals surface area contributed by atoms with E-state index in [0.29, 0.717) is 28.2 Å². The summed E-state index contributed by atoms with van der Waals surface area (Å²) in [6.45, 7) is 0. The molecular weight excluding hydrogens is 331 g/mol. The van der Waals surface area contributed by atoms with Gasteiger partial charge in [0, 0.05) is 35.7 Å². The molecule has 0 spiro atoms. The van der Waals surface area contributed by atoms with Gasteiger partial charge in [-0.25, -0.2) is 4.98 Å². The molecule has 2 aromatic carbocycles. The first-order valence-electron chi connectivity index (χ1n) is 7.38. The molecule has 0 radical (unpaired) electrons. The molecule has 0 saturated carbocycles. The lowest BCUT2D eigenvalue weighted by atomic mass is 10.1. The van der Waals surface area contributed by atoms with Crippen molar-refractivity contribution >= 4 is 17.7 Å². The highest BCUT2D eigenvalue weighted by Gasteiger charge is 2.29. The maximum atomic E-state index is 12.7. The topological polar surface area (TPSA) is 46.9 Å². The van der Waals surface area contributed by atoms with Crippen molar-refractivity contribution in [1.29, 1.82) is 0 Å². The van der Waals surface area contributed by atoms with Crippen molar-refractivity contribution < 1.29 is 18.0 Å². The van der Waals surface area contributed by atoms with Crippen LogP contribution in [-0.2, 0) is 13.2 Å². The molecule has 1 aromatic heterocycles. The summed E-state index contributed by atoms with van der Waals surface area (Å²) in [5.41, 5.74) is 2.26. The van der Waals surface area contributed by atoms with E-state index in [4.69, 9.17) is 0 Å². The fourth-order valence-corrected chi connectivity index (χ4v) is 2.41. The second-order valence-electron chi connectivity index (χ2n) is 5.55. The van der Waals surface area contributed by atoms with Gasteiger partial charge in [-0.1, -0.05) is 0 Å². The Bertz CT molecular complexity index is 899. The Morgan fingerprint density at radius 2 is 1.84 bits per heavy atom. The number of aldehydes is 1. The van der Waals surface area contributed by atoms with Crippen molar-refractivity contribution in [3.05, 3.63) is 66.1 Å². The number of hydrogen-bond acceptors (Lipinski definition) is 3. The summed E-state index contributed by atoms with van der Waals surface area (Å²) in [6.07, 6.45) is -0.218. The molecule has 0 amide bonds. The van der Waals surface area contributed by atoms with E-state index in [9.17, 15) is 18.0 Å². The third-order valence-electron chi connectivity index (χ3n) is 3.65. The molecule has 3 rings (SSSR count). The number of aryl methyl sites for hydroxylation is 1. The van der Waals surface area contributed by atoms with E-state index in [0.717, 1.165) is 18.4 Å². The summed E-state index contributed by atoms with van der Waals surface area (Å²) in [6, 6.07) is 9.77. The van der Waals surface area contributed by atoms with Gasteiger partial charge in [-0.2, -0.15) is 13.2 Å². The number of benzene rings is 2. The molecule has 0 saturated heterocycles. The van der Waals surface area contributed by atoms with Crippen LogP contribution in [0.5, 0.6) is 0 Å². The summed E-state index contributed by atoms with van der Waals surface area (Å²) >= 11 is 0. The van der Waals surface area contributed by atoms with E-state index < -0.39 is 11.7 Å². The van der Waals surface area contributed by atoms with Crippen molar-refractivity contribution in [2.45, 2.75) is 6.18 Å². The number of anilines is 2. The first-order valence-corrected chi connectivity index (χ1v) is 7.38. The van der Waals surface area contributed by atoms with Crippen LogP contribution in [0.15, 0.2) is 55.0 Å². The Morgan fingerprint density at radius 3 is 2.40 bits per heavy atom. The fraction of sp³-hybridized carbons (Fsp3) is 0.111. The maximum absolute atomic E-state index is 12.7. The summed E-state index contributed by atoms with van der Waals surface area (Å²) in [4.78, 5) is 15.3. The van der Waals surface area contributed by atoms with Gasteiger partial charge in [0.1, 0.15) is 6.29 Å². The zero-order valence-electron chi connectivity index (χ0n) is 13.2. The molecule has 0 fully saturated rings. The molecule has 1 N–H and O–H groups in total. The number of nitrogens with zero attached hydrogens (tertiary/aromatic N) is 2. The van der Waals surface area contributed by atoms with Gasteiger partial charge in [0.15, 0.2) is 0 Å². The minimum Gasteiger partial charge on any atom is -0.355 e. The van der Waals surface area contributed by atoms with Crippen LogP contribution in [0.1, 0.15) is 15.9 Å². The Hall–Kier alpha value is -3.09. The van der Waals surface area contributed by atoms with Gasteiger partial charge < -0.3 is 9.88 Å². The summed E-state index contributed by atoms with van der Waals surface area (Å²) in [5, 5.41) is 3.08. The van der Waals surface area contributed by atoms with Gasteiger partial charge in [-0.15, -0.1) is 0 Å². The standard InChI is InChI=1S/C18H14F3N3O/c1-24-9-17(22-11-24)15-8-12(10-25)2-7-16(15)23-14-5-3-13(4-6-14)18(19,20)21/h2-11,23H,1H3. The Labute approximate surface area is 141 Å². The first kappa shape index (κ1) is 16.8. The quantitative estimate of drug-likeness (QED) is 0.700. The second kappa shape index (κ2) is 6.43. The SMILES string of the molecule is Cn1cnc(-c2cc(C=O)ccc2Nc2ccc(C(F)(F)F)cc2)c1. The van der Waals surface area contributed by atoms with Crippen LogP contribution < -0.4 is 5.32 Å². The van der Waals surface area contributed by atoms with Gasteiger partial charge in [0.25, 0.3) is 0 Å². The summed E-state index contributed by atoms with van der Waals surface area (Å²) in [5.74, 6) is 0. The second-order valence-corrected chi connectivity index (χ2v) is 5.55. The number of hydrogen-bond donors (Lipinski definition) is 1. The molecule has 0 bridgehead atoms. The average Bonchev–Trinajstić information content (AvgIpc) is 3.01. The lowest BCUT2D eigenvalue weighted by Crippen LogP contribution is -2.04. The number of nitrogens with one attached hydrogen (secondary N) is 1. The van der Waals surface area contributed by atoms with E-state index in [1.807, 2.05) is 7.05 Å². The molecule has 0 aliphatic rings. The lowest BCUT2D eigenvalue weighted by molar-refractivity contribution is -0.137. The van der Waals surface area contributed by atoms with Crippen molar-refractivity contribution in [2.75, 3.05) is 5.32 Å². The predicted octanol–water partition coefficient (Wildman–Crippen LogP) is 4.66. The highest BCUT2D eigenvalue weighted by molar-refractivity contribution is 5.85. The van der Waals surface area contributed by atoms with Crippen molar-refractivity contribution in [2.24, 2.45) is 7.05 Å². The molecule has 0 aliphatic carbocycles. The highest BCUT2D eigenvalue weighted by atomic mass is 19.4. The number of carbonyl (C=O) groups is 1. The van der Waals surface area contributed by atoms with Crippen molar-refractivity contribution in [1.82, 2.24) is 9.55 Å². The molecule has 25 heavy (non-hydrogen) atoms. The monoisotopic (exact) mass is 345 g/mol.